The lowest BCUT2D eigenvalue weighted by Crippen LogP contribution is -2.08. The number of benzene rings is 1. The Morgan fingerprint density at radius 3 is 2.78 bits per heavy atom. The minimum atomic E-state index is -2.95. The molecule has 0 saturated carbocycles. The first-order chi connectivity index (χ1) is 8.54. The topological polar surface area (TPSA) is 35.5 Å². The fourth-order valence-electron chi connectivity index (χ4n) is 1.44. The van der Waals surface area contributed by atoms with E-state index in [-0.39, 0.29) is 36.2 Å². The van der Waals surface area contributed by atoms with Gasteiger partial charge in [0.15, 0.2) is 0 Å². The van der Waals surface area contributed by atoms with Crippen molar-refractivity contribution in [3.8, 4) is 5.75 Å². The van der Waals surface area contributed by atoms with Crippen molar-refractivity contribution in [2.24, 2.45) is 0 Å². The van der Waals surface area contributed by atoms with Gasteiger partial charge in [0, 0.05) is 6.42 Å². The normalized spacial score (nSPS) is 10.5. The molecule has 0 saturated heterocycles. The molecule has 0 unspecified atom stereocenters. The molecule has 100 valence electrons. The molecule has 0 aliphatic heterocycles. The number of hydrogen-bond donors (Lipinski definition) is 0. The molecule has 0 heterocycles. The Bertz CT molecular complexity index is 410. The highest BCUT2D eigenvalue weighted by atomic mass is 35.5. The van der Waals surface area contributed by atoms with Crippen LogP contribution in [0.2, 0.25) is 5.02 Å². The summed E-state index contributed by atoms with van der Waals surface area (Å²) in [6.45, 7) is -0.969. The van der Waals surface area contributed by atoms with E-state index in [9.17, 15) is 13.6 Å². The van der Waals surface area contributed by atoms with Crippen LogP contribution in [-0.4, -0.2) is 19.2 Å². The lowest BCUT2D eigenvalue weighted by atomic mass is 10.1. The first-order valence-corrected chi connectivity index (χ1v) is 5.80. The maximum absolute atomic E-state index is 12.2. The predicted molar refractivity (Wildman–Crippen MR) is 63.0 cm³/mol. The second-order valence-corrected chi connectivity index (χ2v) is 3.82. The van der Waals surface area contributed by atoms with Crippen LogP contribution in [0.4, 0.5) is 8.78 Å². The van der Waals surface area contributed by atoms with Crippen molar-refractivity contribution in [3.05, 3.63) is 28.8 Å². The smallest absolute Gasteiger partial charge is 0.387 e. The van der Waals surface area contributed by atoms with Crippen molar-refractivity contribution in [1.29, 1.82) is 0 Å². The molecule has 0 aliphatic rings. The van der Waals surface area contributed by atoms with Gasteiger partial charge in [0.1, 0.15) is 5.75 Å². The Morgan fingerprint density at radius 1 is 1.44 bits per heavy atom. The highest BCUT2D eigenvalue weighted by molar-refractivity contribution is 6.32. The van der Waals surface area contributed by atoms with Gasteiger partial charge in [0.25, 0.3) is 0 Å². The molecule has 18 heavy (non-hydrogen) atoms. The summed E-state index contributed by atoms with van der Waals surface area (Å²) in [5.74, 6) is -0.473. The van der Waals surface area contributed by atoms with Crippen molar-refractivity contribution < 1.29 is 23.0 Å². The number of aryl methyl sites for hydroxylation is 1. The second kappa shape index (κ2) is 7.16. The minimum absolute atomic E-state index is 0.0848. The number of hydrogen-bond acceptors (Lipinski definition) is 3. The SMILES string of the molecule is CCOC(=O)CCc1cccc(Cl)c1OC(F)F. The standard InChI is InChI=1S/C12H13ClF2O3/c1-2-17-10(16)7-6-8-4-3-5-9(13)11(8)18-12(14)15/h3-5,12H,2,6-7H2,1H3. The third-order valence-corrected chi connectivity index (χ3v) is 2.46. The largest absolute Gasteiger partial charge is 0.466 e. The minimum Gasteiger partial charge on any atom is -0.466 e. The van der Waals surface area contributed by atoms with E-state index in [4.69, 9.17) is 16.3 Å². The van der Waals surface area contributed by atoms with Gasteiger partial charge >= 0.3 is 12.6 Å². The molecule has 1 aromatic carbocycles. The fourth-order valence-corrected chi connectivity index (χ4v) is 1.68. The van der Waals surface area contributed by atoms with Gasteiger partial charge < -0.3 is 9.47 Å². The summed E-state index contributed by atoms with van der Waals surface area (Å²) in [5.41, 5.74) is 0.454. The van der Waals surface area contributed by atoms with E-state index in [1.807, 2.05) is 0 Å². The predicted octanol–water partition coefficient (Wildman–Crippen LogP) is 3.44. The van der Waals surface area contributed by atoms with Gasteiger partial charge in [-0.05, 0) is 25.0 Å². The first-order valence-electron chi connectivity index (χ1n) is 5.42. The maximum Gasteiger partial charge on any atom is 0.387 e. The average molecular weight is 279 g/mol. The zero-order valence-corrected chi connectivity index (χ0v) is 10.5. The van der Waals surface area contributed by atoms with Crippen LogP contribution >= 0.6 is 11.6 Å². The van der Waals surface area contributed by atoms with Gasteiger partial charge in [-0.2, -0.15) is 8.78 Å². The van der Waals surface area contributed by atoms with Crippen LogP contribution in [0.25, 0.3) is 0 Å². The Morgan fingerprint density at radius 2 is 2.17 bits per heavy atom. The molecular weight excluding hydrogens is 266 g/mol. The van der Waals surface area contributed by atoms with Crippen molar-refractivity contribution in [1.82, 2.24) is 0 Å². The molecule has 0 spiro atoms. The Labute approximate surface area is 109 Å². The summed E-state index contributed by atoms with van der Waals surface area (Å²) >= 11 is 5.78. The highest BCUT2D eigenvalue weighted by Gasteiger charge is 2.14. The summed E-state index contributed by atoms with van der Waals surface area (Å²) in [6.07, 6.45) is 0.329. The Kier molecular flexibility index (Phi) is 5.85. The van der Waals surface area contributed by atoms with Gasteiger partial charge in [-0.3, -0.25) is 4.79 Å². The summed E-state index contributed by atoms with van der Waals surface area (Å²) < 4.78 is 33.6. The lowest BCUT2D eigenvalue weighted by molar-refractivity contribution is -0.143. The Balaban J connectivity index is 2.75. The van der Waals surface area contributed by atoms with E-state index in [0.717, 1.165) is 0 Å². The zero-order valence-electron chi connectivity index (χ0n) is 9.79. The quantitative estimate of drug-likeness (QED) is 0.748. The number of rotatable bonds is 6. The molecule has 0 fully saturated rings. The zero-order chi connectivity index (χ0) is 13.5. The van der Waals surface area contributed by atoms with Crippen LogP contribution in [0, 0.1) is 0 Å². The highest BCUT2D eigenvalue weighted by Crippen LogP contribution is 2.30. The summed E-state index contributed by atoms with van der Waals surface area (Å²) in [5, 5.41) is 0.0941. The van der Waals surface area contributed by atoms with Crippen molar-refractivity contribution in [2.75, 3.05) is 6.61 Å². The van der Waals surface area contributed by atoms with Crippen molar-refractivity contribution in [3.63, 3.8) is 0 Å². The maximum atomic E-state index is 12.2. The van der Waals surface area contributed by atoms with Crippen molar-refractivity contribution in [2.45, 2.75) is 26.4 Å². The summed E-state index contributed by atoms with van der Waals surface area (Å²) in [6, 6.07) is 4.65. The van der Waals surface area contributed by atoms with Crippen LogP contribution in [-0.2, 0) is 16.0 Å². The van der Waals surface area contributed by atoms with Gasteiger partial charge in [-0.25, -0.2) is 0 Å². The number of carbonyl (C=O) groups excluding carboxylic acids is 1. The molecule has 0 atom stereocenters. The number of ether oxygens (including phenoxy) is 2. The molecule has 0 bridgehead atoms. The van der Waals surface area contributed by atoms with Crippen LogP contribution < -0.4 is 4.74 Å². The van der Waals surface area contributed by atoms with Gasteiger partial charge in [-0.15, -0.1) is 0 Å². The number of esters is 1. The van der Waals surface area contributed by atoms with Crippen LogP contribution in [0.3, 0.4) is 0 Å². The molecule has 0 amide bonds. The van der Waals surface area contributed by atoms with Crippen LogP contribution in [0.15, 0.2) is 18.2 Å². The van der Waals surface area contributed by atoms with E-state index >= 15 is 0 Å². The molecule has 6 heteroatoms. The van der Waals surface area contributed by atoms with Crippen LogP contribution in [0.5, 0.6) is 5.75 Å². The monoisotopic (exact) mass is 278 g/mol. The molecule has 0 aromatic heterocycles. The molecule has 1 aromatic rings. The van der Waals surface area contributed by atoms with E-state index < -0.39 is 6.61 Å². The van der Waals surface area contributed by atoms with Gasteiger partial charge in [-0.1, -0.05) is 23.7 Å². The molecule has 1 rings (SSSR count). The number of para-hydroxylation sites is 1. The average Bonchev–Trinajstić information content (AvgIpc) is 2.30. The van der Waals surface area contributed by atoms with E-state index in [1.54, 1.807) is 19.1 Å². The second-order valence-electron chi connectivity index (χ2n) is 3.41. The van der Waals surface area contributed by atoms with Crippen molar-refractivity contribution >= 4 is 17.6 Å². The van der Waals surface area contributed by atoms with E-state index in [2.05, 4.69) is 4.74 Å². The molecular formula is C12H13ClF2O3. The lowest BCUT2D eigenvalue weighted by Gasteiger charge is -2.11. The third-order valence-electron chi connectivity index (χ3n) is 2.16. The summed E-state index contributed by atoms with van der Waals surface area (Å²) in [4.78, 5) is 11.2. The van der Waals surface area contributed by atoms with E-state index in [1.165, 1.54) is 6.07 Å². The number of halogens is 3. The fraction of sp³-hybridized carbons (Fsp3) is 0.417. The van der Waals surface area contributed by atoms with Gasteiger partial charge in [0.2, 0.25) is 0 Å². The Hall–Kier alpha value is -1.36. The molecule has 0 aliphatic carbocycles. The molecule has 0 radical (unpaired) electrons. The number of alkyl halides is 2. The van der Waals surface area contributed by atoms with Crippen LogP contribution in [0.1, 0.15) is 18.9 Å². The molecule has 3 nitrogen and oxygen atoms in total. The van der Waals surface area contributed by atoms with Gasteiger partial charge in [0.05, 0.1) is 11.6 Å². The van der Waals surface area contributed by atoms with E-state index in [0.29, 0.717) is 5.56 Å². The molecule has 0 N–H and O–H groups in total. The number of carbonyl (C=O) groups is 1. The third kappa shape index (κ3) is 4.49. The summed E-state index contributed by atoms with van der Waals surface area (Å²) in [7, 11) is 0. The first kappa shape index (κ1) is 14.7.